The number of carbonyl (C=O) groups is 1. The van der Waals surface area contributed by atoms with Crippen LogP contribution in [0, 0.1) is 5.41 Å². The lowest BCUT2D eigenvalue weighted by atomic mass is 9.75. The zero-order chi connectivity index (χ0) is 21.8. The Labute approximate surface area is 180 Å². The molecule has 2 aromatic heterocycles. The Morgan fingerprint density at radius 2 is 2.06 bits per heavy atom. The zero-order valence-corrected chi connectivity index (χ0v) is 17.3. The number of nitrogen functional groups attached to an aromatic ring is 1. The molecule has 1 amide bonds. The third-order valence-corrected chi connectivity index (χ3v) is 7.33. The Kier molecular flexibility index (Phi) is 4.75. The molecular formula is C19H21F2N7O2S. The summed E-state index contributed by atoms with van der Waals surface area (Å²) in [5.74, 6) is -4.45. The minimum Gasteiger partial charge on any atom is -0.381 e. The van der Waals surface area contributed by atoms with Crippen LogP contribution in [0.1, 0.15) is 18.4 Å². The Hall–Kier alpha value is -2.57. The maximum absolute atomic E-state index is 14.3. The predicted octanol–water partition coefficient (Wildman–Crippen LogP) is 1.59. The second kappa shape index (κ2) is 7.24. The summed E-state index contributed by atoms with van der Waals surface area (Å²) in [6.07, 6.45) is 4.73. The highest BCUT2D eigenvalue weighted by Gasteiger charge is 2.51. The van der Waals surface area contributed by atoms with Crippen molar-refractivity contribution in [1.82, 2.24) is 15.0 Å². The summed E-state index contributed by atoms with van der Waals surface area (Å²) in [7, 11) is 0. The number of aromatic nitrogens is 3. The second-order valence-electron chi connectivity index (χ2n) is 8.05. The molecule has 9 nitrogen and oxygen atoms in total. The van der Waals surface area contributed by atoms with Gasteiger partial charge in [-0.05, 0) is 18.9 Å². The Balaban J connectivity index is 1.34. The van der Waals surface area contributed by atoms with E-state index in [-0.39, 0.29) is 33.0 Å². The molecule has 1 spiro atoms. The number of hydrogen-bond acceptors (Lipinski definition) is 9. The van der Waals surface area contributed by atoms with Gasteiger partial charge in [0, 0.05) is 35.6 Å². The van der Waals surface area contributed by atoms with Crippen LogP contribution in [0.25, 0.3) is 0 Å². The fourth-order valence-electron chi connectivity index (χ4n) is 4.31. The molecule has 3 aliphatic heterocycles. The third-order valence-electron chi connectivity index (χ3n) is 6.26. The minimum absolute atomic E-state index is 0.0175. The van der Waals surface area contributed by atoms with Gasteiger partial charge in [0.25, 0.3) is 0 Å². The molecule has 1 atom stereocenters. The quantitative estimate of drug-likeness (QED) is 0.639. The fourth-order valence-corrected chi connectivity index (χ4v) is 5.23. The molecule has 3 aliphatic rings. The molecule has 0 radical (unpaired) electrons. The summed E-state index contributed by atoms with van der Waals surface area (Å²) in [4.78, 5) is 26.4. The van der Waals surface area contributed by atoms with Crippen LogP contribution < -0.4 is 21.7 Å². The standard InChI is InChI=1S/C19H21F2N7O2S/c20-19(21)13-10(1-4-24-15(13)27-17(19)29)31-16-14(23)26-12(7-25-16)28-5-2-18(3-6-28)9-30-8-11(18)22/h1,4,7,11H,2-3,5-6,8-9,22H2,(H2,23,26)(H,24,27,29). The summed E-state index contributed by atoms with van der Waals surface area (Å²) < 4.78 is 34.2. The normalized spacial score (nSPS) is 23.8. The first-order chi connectivity index (χ1) is 14.8. The molecule has 2 fully saturated rings. The van der Waals surface area contributed by atoms with Crippen LogP contribution in [0.5, 0.6) is 0 Å². The molecule has 0 aromatic carbocycles. The van der Waals surface area contributed by atoms with E-state index in [9.17, 15) is 13.6 Å². The summed E-state index contributed by atoms with van der Waals surface area (Å²) in [6.45, 7) is 2.80. The number of pyridine rings is 1. The van der Waals surface area contributed by atoms with Crippen molar-refractivity contribution in [1.29, 1.82) is 0 Å². The van der Waals surface area contributed by atoms with E-state index >= 15 is 0 Å². The number of carbonyl (C=O) groups excluding carboxylic acids is 1. The number of rotatable bonds is 3. The monoisotopic (exact) mass is 449 g/mol. The van der Waals surface area contributed by atoms with Gasteiger partial charge in [-0.25, -0.2) is 15.0 Å². The van der Waals surface area contributed by atoms with E-state index in [1.807, 2.05) is 0 Å². The first-order valence-electron chi connectivity index (χ1n) is 9.87. The molecule has 1 unspecified atom stereocenters. The van der Waals surface area contributed by atoms with E-state index < -0.39 is 17.4 Å². The van der Waals surface area contributed by atoms with Crippen molar-refractivity contribution < 1.29 is 18.3 Å². The van der Waals surface area contributed by atoms with E-state index in [1.165, 1.54) is 12.3 Å². The van der Waals surface area contributed by atoms with Crippen LogP contribution >= 0.6 is 11.8 Å². The number of piperidine rings is 1. The van der Waals surface area contributed by atoms with Gasteiger partial charge in [-0.3, -0.25) is 4.79 Å². The first kappa shape index (κ1) is 20.3. The van der Waals surface area contributed by atoms with Crippen molar-refractivity contribution in [3.63, 3.8) is 0 Å². The molecule has 12 heteroatoms. The molecule has 0 saturated carbocycles. The lowest BCUT2D eigenvalue weighted by molar-refractivity contribution is -0.139. The number of anilines is 3. The molecule has 0 bridgehead atoms. The number of nitrogens with zero attached hydrogens (tertiary/aromatic N) is 4. The Bertz CT molecular complexity index is 1050. The van der Waals surface area contributed by atoms with Crippen LogP contribution in [0.3, 0.4) is 0 Å². The number of nitrogens with two attached hydrogens (primary N) is 2. The van der Waals surface area contributed by atoms with Crippen molar-refractivity contribution in [3.8, 4) is 0 Å². The van der Waals surface area contributed by atoms with Gasteiger partial charge in [-0.1, -0.05) is 11.8 Å². The Morgan fingerprint density at radius 1 is 1.29 bits per heavy atom. The highest BCUT2D eigenvalue weighted by atomic mass is 32.2. The zero-order valence-electron chi connectivity index (χ0n) is 16.5. The highest BCUT2D eigenvalue weighted by molar-refractivity contribution is 7.99. The molecule has 164 valence electrons. The van der Waals surface area contributed by atoms with E-state index in [0.717, 1.165) is 37.7 Å². The van der Waals surface area contributed by atoms with Gasteiger partial charge in [-0.2, -0.15) is 8.78 Å². The third kappa shape index (κ3) is 3.29. The topological polar surface area (TPSA) is 132 Å². The van der Waals surface area contributed by atoms with Gasteiger partial charge in [0.2, 0.25) is 0 Å². The number of amides is 1. The summed E-state index contributed by atoms with van der Waals surface area (Å²) in [5, 5.41) is 2.38. The highest BCUT2D eigenvalue weighted by Crippen LogP contribution is 2.46. The number of fused-ring (bicyclic) bond motifs is 1. The van der Waals surface area contributed by atoms with Gasteiger partial charge < -0.3 is 26.4 Å². The minimum atomic E-state index is -3.66. The molecular weight excluding hydrogens is 428 g/mol. The first-order valence-corrected chi connectivity index (χ1v) is 10.7. The maximum Gasteiger partial charge on any atom is 0.354 e. The van der Waals surface area contributed by atoms with Crippen LogP contribution in [0.4, 0.5) is 26.2 Å². The van der Waals surface area contributed by atoms with Crippen LogP contribution in [-0.2, 0) is 15.5 Å². The summed E-state index contributed by atoms with van der Waals surface area (Å²) in [5.41, 5.74) is 11.9. The van der Waals surface area contributed by atoms with E-state index in [2.05, 4.69) is 25.2 Å². The average molecular weight is 449 g/mol. The molecule has 5 N–H and O–H groups in total. The molecule has 5 heterocycles. The predicted molar refractivity (Wildman–Crippen MR) is 110 cm³/mol. The summed E-state index contributed by atoms with van der Waals surface area (Å²) >= 11 is 0.932. The van der Waals surface area contributed by atoms with Gasteiger partial charge >= 0.3 is 11.8 Å². The maximum atomic E-state index is 14.3. The van der Waals surface area contributed by atoms with E-state index in [1.54, 1.807) is 6.20 Å². The van der Waals surface area contributed by atoms with Crippen LogP contribution in [-0.4, -0.2) is 53.2 Å². The number of ether oxygens (including phenoxy) is 1. The molecule has 2 saturated heterocycles. The van der Waals surface area contributed by atoms with Crippen molar-refractivity contribution in [2.75, 3.05) is 42.3 Å². The average Bonchev–Trinajstić information content (AvgIpc) is 3.21. The number of hydrogen-bond donors (Lipinski definition) is 3. The lowest BCUT2D eigenvalue weighted by Crippen LogP contribution is -2.49. The second-order valence-corrected chi connectivity index (χ2v) is 9.08. The molecule has 0 aliphatic carbocycles. The number of halogens is 2. The Morgan fingerprint density at radius 3 is 2.74 bits per heavy atom. The van der Waals surface area contributed by atoms with Crippen molar-refractivity contribution in [3.05, 3.63) is 24.0 Å². The SMILES string of the molecule is Nc1nc(N2CCC3(CC2)COCC3N)cnc1Sc1ccnc2c1C(F)(F)C(=O)N2. The molecule has 2 aromatic rings. The van der Waals surface area contributed by atoms with Crippen molar-refractivity contribution >= 4 is 35.1 Å². The largest absolute Gasteiger partial charge is 0.381 e. The van der Waals surface area contributed by atoms with Crippen LogP contribution in [0.2, 0.25) is 0 Å². The van der Waals surface area contributed by atoms with Gasteiger partial charge in [0.05, 0.1) is 25.0 Å². The van der Waals surface area contributed by atoms with Crippen molar-refractivity contribution in [2.45, 2.75) is 34.7 Å². The van der Waals surface area contributed by atoms with Crippen molar-refractivity contribution in [2.24, 2.45) is 11.1 Å². The summed E-state index contributed by atoms with van der Waals surface area (Å²) in [6, 6.07) is 1.45. The molecule has 5 rings (SSSR count). The lowest BCUT2D eigenvalue weighted by Gasteiger charge is -2.41. The van der Waals surface area contributed by atoms with Gasteiger partial charge in [-0.15, -0.1) is 0 Å². The number of alkyl halides is 2. The van der Waals surface area contributed by atoms with E-state index in [0.29, 0.717) is 19.0 Å². The van der Waals surface area contributed by atoms with Crippen LogP contribution in [0.15, 0.2) is 28.4 Å². The van der Waals surface area contributed by atoms with E-state index in [4.69, 9.17) is 16.2 Å². The molecule has 31 heavy (non-hydrogen) atoms. The smallest absolute Gasteiger partial charge is 0.354 e. The fraction of sp³-hybridized carbons (Fsp3) is 0.474. The van der Waals surface area contributed by atoms with Gasteiger partial charge in [0.1, 0.15) is 16.7 Å². The number of nitrogens with one attached hydrogen (secondary N) is 1. The van der Waals surface area contributed by atoms with Gasteiger partial charge in [0.15, 0.2) is 5.82 Å².